The van der Waals surface area contributed by atoms with E-state index in [1.54, 1.807) is 22.7 Å². The monoisotopic (exact) mass is 277 g/mol. The van der Waals surface area contributed by atoms with Crippen molar-refractivity contribution in [1.29, 1.82) is 0 Å². The van der Waals surface area contributed by atoms with Crippen LogP contribution in [0.25, 0.3) is 4.96 Å². The molecule has 3 aromatic heterocycles. The zero-order valence-electron chi connectivity index (χ0n) is 10.2. The molecule has 3 nitrogen and oxygen atoms in total. The van der Waals surface area contributed by atoms with Crippen LogP contribution in [0.2, 0.25) is 0 Å². The predicted octanol–water partition coefficient (Wildman–Crippen LogP) is 3.26. The van der Waals surface area contributed by atoms with Crippen LogP contribution in [-0.2, 0) is 12.8 Å². The number of fused-ring (bicyclic) bond motifs is 1. The second-order valence-electron chi connectivity index (χ2n) is 4.30. The Hall–Kier alpha value is -1.17. The number of rotatable bonds is 4. The van der Waals surface area contributed by atoms with Crippen LogP contribution in [-0.4, -0.2) is 9.38 Å². The first kappa shape index (κ1) is 11.9. The van der Waals surface area contributed by atoms with E-state index in [4.69, 9.17) is 5.73 Å². The summed E-state index contributed by atoms with van der Waals surface area (Å²) in [5.41, 5.74) is 8.75. The van der Waals surface area contributed by atoms with Crippen LogP contribution < -0.4 is 5.73 Å². The van der Waals surface area contributed by atoms with Crippen LogP contribution in [0.4, 0.5) is 0 Å². The van der Waals surface area contributed by atoms with Gasteiger partial charge < -0.3 is 5.73 Å². The highest BCUT2D eigenvalue weighted by Gasteiger charge is 2.14. The Morgan fingerprint density at radius 1 is 1.39 bits per heavy atom. The summed E-state index contributed by atoms with van der Waals surface area (Å²) in [5.74, 6) is 0. The van der Waals surface area contributed by atoms with Gasteiger partial charge in [0.05, 0.1) is 5.69 Å². The maximum atomic E-state index is 6.30. The molecule has 1 unspecified atom stereocenters. The molecule has 18 heavy (non-hydrogen) atoms. The van der Waals surface area contributed by atoms with Gasteiger partial charge in [-0.25, -0.2) is 4.98 Å². The molecule has 0 aliphatic carbocycles. The summed E-state index contributed by atoms with van der Waals surface area (Å²) in [7, 11) is 0. The molecule has 94 valence electrons. The van der Waals surface area contributed by atoms with E-state index < -0.39 is 0 Å². The van der Waals surface area contributed by atoms with Gasteiger partial charge in [-0.3, -0.25) is 4.40 Å². The summed E-state index contributed by atoms with van der Waals surface area (Å²) in [6.07, 6.45) is 5.96. The molecule has 1 atom stereocenters. The summed E-state index contributed by atoms with van der Waals surface area (Å²) >= 11 is 3.41. The van der Waals surface area contributed by atoms with Gasteiger partial charge in [-0.2, -0.15) is 0 Å². The number of hydrogen-bond donors (Lipinski definition) is 1. The fourth-order valence-corrected chi connectivity index (χ4v) is 3.88. The van der Waals surface area contributed by atoms with E-state index in [1.165, 1.54) is 10.4 Å². The Balaban J connectivity index is 1.82. The zero-order chi connectivity index (χ0) is 12.5. The molecule has 3 aromatic rings. The molecule has 0 saturated carbocycles. The van der Waals surface area contributed by atoms with Crippen molar-refractivity contribution < 1.29 is 0 Å². The molecule has 0 spiro atoms. The second kappa shape index (κ2) is 4.84. The molecule has 0 amide bonds. The zero-order valence-corrected chi connectivity index (χ0v) is 11.8. The largest absolute Gasteiger partial charge is 0.323 e. The number of aryl methyl sites for hydroxylation is 1. The first-order chi connectivity index (χ1) is 8.78. The van der Waals surface area contributed by atoms with E-state index in [0.29, 0.717) is 0 Å². The van der Waals surface area contributed by atoms with E-state index in [2.05, 4.69) is 34.0 Å². The third-order valence-electron chi connectivity index (χ3n) is 3.07. The van der Waals surface area contributed by atoms with E-state index in [-0.39, 0.29) is 6.04 Å². The first-order valence-electron chi connectivity index (χ1n) is 6.01. The van der Waals surface area contributed by atoms with Gasteiger partial charge in [0.15, 0.2) is 4.96 Å². The van der Waals surface area contributed by atoms with E-state index in [0.717, 1.165) is 23.5 Å². The number of aromatic nitrogens is 2. The normalized spacial score (nSPS) is 13.2. The van der Waals surface area contributed by atoms with E-state index >= 15 is 0 Å². The molecule has 0 fully saturated rings. The molecule has 0 saturated heterocycles. The number of nitrogens with two attached hydrogens (primary N) is 1. The highest BCUT2D eigenvalue weighted by molar-refractivity contribution is 7.15. The van der Waals surface area contributed by atoms with Crippen molar-refractivity contribution in [2.75, 3.05) is 0 Å². The van der Waals surface area contributed by atoms with Gasteiger partial charge in [0, 0.05) is 35.1 Å². The maximum Gasteiger partial charge on any atom is 0.193 e. The minimum Gasteiger partial charge on any atom is -0.323 e. The first-order valence-corrected chi connectivity index (χ1v) is 7.76. The average Bonchev–Trinajstić information content (AvgIpc) is 3.02. The second-order valence-corrected chi connectivity index (χ2v) is 6.12. The molecular weight excluding hydrogens is 262 g/mol. The molecule has 3 rings (SSSR count). The summed E-state index contributed by atoms with van der Waals surface area (Å²) in [6.45, 7) is 2.17. The lowest BCUT2D eigenvalue weighted by molar-refractivity contribution is 0.716. The van der Waals surface area contributed by atoms with Crippen molar-refractivity contribution in [3.05, 3.63) is 45.4 Å². The van der Waals surface area contributed by atoms with Crippen LogP contribution in [0.15, 0.2) is 29.2 Å². The van der Waals surface area contributed by atoms with Crippen molar-refractivity contribution in [2.45, 2.75) is 25.8 Å². The Morgan fingerprint density at radius 3 is 3.06 bits per heavy atom. The van der Waals surface area contributed by atoms with Crippen molar-refractivity contribution in [2.24, 2.45) is 5.73 Å². The van der Waals surface area contributed by atoms with Crippen molar-refractivity contribution >= 4 is 27.6 Å². The lowest BCUT2D eigenvalue weighted by Crippen LogP contribution is -2.13. The molecule has 0 aliphatic heterocycles. The minimum atomic E-state index is 0.0598. The fourth-order valence-electron chi connectivity index (χ4n) is 2.16. The summed E-state index contributed by atoms with van der Waals surface area (Å²) in [5, 5.41) is 4.17. The van der Waals surface area contributed by atoms with Gasteiger partial charge in [0.2, 0.25) is 0 Å². The van der Waals surface area contributed by atoms with Crippen LogP contribution in [0.1, 0.15) is 29.1 Å². The van der Waals surface area contributed by atoms with E-state index in [1.807, 2.05) is 11.6 Å². The molecule has 3 heterocycles. The molecule has 0 aromatic carbocycles. The summed E-state index contributed by atoms with van der Waals surface area (Å²) in [6, 6.07) is 2.23. The van der Waals surface area contributed by atoms with Crippen molar-refractivity contribution in [3.63, 3.8) is 0 Å². The lowest BCUT2D eigenvalue weighted by Gasteiger charge is -2.10. The smallest absolute Gasteiger partial charge is 0.193 e. The molecule has 0 radical (unpaired) electrons. The van der Waals surface area contributed by atoms with Crippen molar-refractivity contribution in [3.8, 4) is 0 Å². The number of thiophene rings is 1. The summed E-state index contributed by atoms with van der Waals surface area (Å²) < 4.78 is 2.06. The van der Waals surface area contributed by atoms with Crippen LogP contribution >= 0.6 is 22.7 Å². The van der Waals surface area contributed by atoms with Crippen molar-refractivity contribution in [1.82, 2.24) is 9.38 Å². The van der Waals surface area contributed by atoms with Crippen LogP contribution in [0, 0.1) is 0 Å². The summed E-state index contributed by atoms with van der Waals surface area (Å²) in [4.78, 5) is 6.92. The Bertz CT molecular complexity index is 621. The highest BCUT2D eigenvalue weighted by atomic mass is 32.1. The topological polar surface area (TPSA) is 43.3 Å². The third kappa shape index (κ3) is 2.09. The highest BCUT2D eigenvalue weighted by Crippen LogP contribution is 2.26. The molecule has 0 bridgehead atoms. The number of hydrogen-bond acceptors (Lipinski definition) is 4. The van der Waals surface area contributed by atoms with Gasteiger partial charge in [-0.1, -0.05) is 6.92 Å². The fraction of sp³-hybridized carbons (Fsp3) is 0.308. The molecule has 2 N–H and O–H groups in total. The predicted molar refractivity (Wildman–Crippen MR) is 77.4 cm³/mol. The molecular formula is C13H15N3S2. The van der Waals surface area contributed by atoms with Gasteiger partial charge in [0.25, 0.3) is 0 Å². The average molecular weight is 277 g/mol. The van der Waals surface area contributed by atoms with Gasteiger partial charge in [0.1, 0.15) is 0 Å². The van der Waals surface area contributed by atoms with Crippen LogP contribution in [0.3, 0.4) is 0 Å². The SMILES string of the molecule is CCc1ccsc1C(N)Cc1cn2ccsc2n1. The van der Waals surface area contributed by atoms with Gasteiger partial charge >= 0.3 is 0 Å². The Labute approximate surface area is 114 Å². The Kier molecular flexibility index (Phi) is 3.20. The van der Waals surface area contributed by atoms with E-state index in [9.17, 15) is 0 Å². The molecule has 5 heteroatoms. The standard InChI is InChI=1S/C13H15N3S2/c1-2-9-3-5-17-12(9)11(14)7-10-8-16-4-6-18-13(16)15-10/h3-6,8,11H,2,7,14H2,1H3. The van der Waals surface area contributed by atoms with Gasteiger partial charge in [-0.05, 0) is 23.4 Å². The third-order valence-corrected chi connectivity index (χ3v) is 4.93. The minimum absolute atomic E-state index is 0.0598. The molecule has 0 aliphatic rings. The maximum absolute atomic E-state index is 6.30. The number of thiazole rings is 1. The number of imidazole rings is 1. The Morgan fingerprint density at radius 2 is 2.28 bits per heavy atom. The van der Waals surface area contributed by atoms with Crippen LogP contribution in [0.5, 0.6) is 0 Å². The number of nitrogens with zero attached hydrogens (tertiary/aromatic N) is 2. The quantitative estimate of drug-likeness (QED) is 0.795. The lowest BCUT2D eigenvalue weighted by atomic mass is 10.1. The van der Waals surface area contributed by atoms with Gasteiger partial charge in [-0.15, -0.1) is 22.7 Å².